The number of piperidine rings is 1. The quantitative estimate of drug-likeness (QED) is 0.407. The smallest absolute Gasteiger partial charge is 0.237 e. The molecule has 0 radical (unpaired) electrons. The minimum atomic E-state index is 0.224. The van der Waals surface area contributed by atoms with Crippen LogP contribution in [0.4, 0.5) is 5.95 Å². The van der Waals surface area contributed by atoms with Crippen LogP contribution in [0, 0.1) is 5.92 Å². The molecule has 2 aliphatic rings. The first-order valence-electron chi connectivity index (χ1n) is 12.4. The summed E-state index contributed by atoms with van der Waals surface area (Å²) >= 11 is 1.59. The monoisotopic (exact) mass is 482 g/mol. The maximum atomic E-state index is 5.93. The fourth-order valence-corrected chi connectivity index (χ4v) is 5.34. The Bertz CT molecular complexity index is 1070. The zero-order valence-corrected chi connectivity index (χ0v) is 21.1. The Labute approximate surface area is 205 Å². The van der Waals surface area contributed by atoms with Crippen molar-refractivity contribution in [3.63, 3.8) is 0 Å². The second kappa shape index (κ2) is 10.5. The van der Waals surface area contributed by atoms with Gasteiger partial charge < -0.3 is 14.2 Å². The maximum Gasteiger partial charge on any atom is 0.237 e. The summed E-state index contributed by atoms with van der Waals surface area (Å²) in [5, 5.41) is 14.2. The summed E-state index contributed by atoms with van der Waals surface area (Å²) in [7, 11) is 0. The number of hydrogen-bond acceptors (Lipinski definition) is 8. The minimum Gasteiger partial charge on any atom is -0.376 e. The third kappa shape index (κ3) is 5.30. The molecule has 0 bridgehead atoms. The standard InChI is InChI=1S/C25H34N6O2S/c1-17(2)19-6-8-20(9-7-19)23-26-22(33-29-23)16-34-25-28-27-24(30-12-10-18(3)11-13-30)31(25)15-21-5-4-14-32-21/h6-9,17-18,21H,4-5,10-16H2,1-3H3. The van der Waals surface area contributed by atoms with Gasteiger partial charge in [0.2, 0.25) is 17.7 Å². The van der Waals surface area contributed by atoms with Crippen LogP contribution in [-0.2, 0) is 17.0 Å². The third-order valence-electron chi connectivity index (χ3n) is 6.80. The molecule has 1 aromatic carbocycles. The van der Waals surface area contributed by atoms with Gasteiger partial charge in [-0.05, 0) is 43.1 Å². The van der Waals surface area contributed by atoms with E-state index in [2.05, 4.69) is 74.8 Å². The Morgan fingerprint density at radius 2 is 1.88 bits per heavy atom. The van der Waals surface area contributed by atoms with Gasteiger partial charge in [0.1, 0.15) is 0 Å². The molecule has 2 aliphatic heterocycles. The van der Waals surface area contributed by atoms with Crippen molar-refractivity contribution < 1.29 is 9.26 Å². The minimum absolute atomic E-state index is 0.224. The van der Waals surface area contributed by atoms with Crippen LogP contribution in [0.3, 0.4) is 0 Å². The Morgan fingerprint density at radius 3 is 2.59 bits per heavy atom. The lowest BCUT2D eigenvalue weighted by atomic mass is 10.00. The summed E-state index contributed by atoms with van der Waals surface area (Å²) in [5.74, 6) is 3.99. The molecule has 1 atom stereocenters. The van der Waals surface area contributed by atoms with Crippen LogP contribution in [0.1, 0.15) is 63.8 Å². The Kier molecular flexibility index (Phi) is 7.20. The van der Waals surface area contributed by atoms with E-state index in [1.165, 1.54) is 18.4 Å². The van der Waals surface area contributed by atoms with E-state index in [0.717, 1.165) is 61.7 Å². The van der Waals surface area contributed by atoms with Crippen molar-refractivity contribution in [3.8, 4) is 11.4 Å². The third-order valence-corrected chi connectivity index (χ3v) is 7.75. The van der Waals surface area contributed by atoms with Gasteiger partial charge in [0.25, 0.3) is 0 Å². The van der Waals surface area contributed by atoms with Gasteiger partial charge >= 0.3 is 0 Å². The first-order valence-corrected chi connectivity index (χ1v) is 13.4. The van der Waals surface area contributed by atoms with Crippen molar-refractivity contribution in [2.24, 2.45) is 5.92 Å². The van der Waals surface area contributed by atoms with Crippen molar-refractivity contribution in [1.29, 1.82) is 0 Å². The molecule has 4 heterocycles. The zero-order valence-electron chi connectivity index (χ0n) is 20.3. The van der Waals surface area contributed by atoms with Gasteiger partial charge in [-0.3, -0.25) is 4.57 Å². The highest BCUT2D eigenvalue weighted by molar-refractivity contribution is 7.98. The van der Waals surface area contributed by atoms with E-state index in [9.17, 15) is 0 Å². The van der Waals surface area contributed by atoms with Gasteiger partial charge in [0.05, 0.1) is 18.4 Å². The summed E-state index contributed by atoms with van der Waals surface area (Å²) < 4.78 is 13.7. The van der Waals surface area contributed by atoms with E-state index in [1.807, 2.05) is 0 Å². The van der Waals surface area contributed by atoms with E-state index in [0.29, 0.717) is 23.4 Å². The van der Waals surface area contributed by atoms with Crippen molar-refractivity contribution >= 4 is 17.7 Å². The van der Waals surface area contributed by atoms with Gasteiger partial charge in [-0.15, -0.1) is 10.2 Å². The van der Waals surface area contributed by atoms with E-state index < -0.39 is 0 Å². The first kappa shape index (κ1) is 23.4. The summed E-state index contributed by atoms with van der Waals surface area (Å²) in [6.07, 6.45) is 4.81. The molecule has 1 unspecified atom stereocenters. The summed E-state index contributed by atoms with van der Waals surface area (Å²) in [4.78, 5) is 6.99. The van der Waals surface area contributed by atoms with Crippen LogP contribution in [0.2, 0.25) is 0 Å². The van der Waals surface area contributed by atoms with E-state index in [1.54, 1.807) is 11.8 Å². The van der Waals surface area contributed by atoms with E-state index in [4.69, 9.17) is 9.26 Å². The van der Waals surface area contributed by atoms with Crippen molar-refractivity contribution in [1.82, 2.24) is 24.9 Å². The molecule has 9 heteroatoms. The zero-order chi connectivity index (χ0) is 23.5. The molecular formula is C25H34N6O2S. The predicted octanol–water partition coefficient (Wildman–Crippen LogP) is 5.16. The number of benzene rings is 1. The highest BCUT2D eigenvalue weighted by Crippen LogP contribution is 2.30. The molecule has 182 valence electrons. The molecule has 3 aromatic rings. The Hall–Kier alpha value is -2.39. The average Bonchev–Trinajstić information content (AvgIpc) is 3.61. The van der Waals surface area contributed by atoms with Gasteiger partial charge in [0, 0.05) is 25.3 Å². The predicted molar refractivity (Wildman–Crippen MR) is 133 cm³/mol. The number of nitrogens with zero attached hydrogens (tertiary/aromatic N) is 6. The number of rotatable bonds is 8. The largest absolute Gasteiger partial charge is 0.376 e. The van der Waals surface area contributed by atoms with E-state index in [-0.39, 0.29) is 6.10 Å². The number of ether oxygens (including phenoxy) is 1. The van der Waals surface area contributed by atoms with Crippen molar-refractivity contribution in [2.75, 3.05) is 24.6 Å². The van der Waals surface area contributed by atoms with Crippen LogP contribution >= 0.6 is 11.8 Å². The summed E-state index contributed by atoms with van der Waals surface area (Å²) in [6.45, 7) is 10.4. The molecule has 2 aromatic heterocycles. The number of aromatic nitrogens is 5. The summed E-state index contributed by atoms with van der Waals surface area (Å²) in [5.41, 5.74) is 2.26. The maximum absolute atomic E-state index is 5.93. The summed E-state index contributed by atoms with van der Waals surface area (Å²) in [6, 6.07) is 8.37. The van der Waals surface area contributed by atoms with Crippen LogP contribution in [0.5, 0.6) is 0 Å². The van der Waals surface area contributed by atoms with Gasteiger partial charge in [-0.25, -0.2) is 0 Å². The first-order chi connectivity index (χ1) is 16.6. The molecule has 0 saturated carbocycles. The molecule has 8 nitrogen and oxygen atoms in total. The normalized spacial score (nSPS) is 19.4. The van der Waals surface area contributed by atoms with Crippen molar-refractivity contribution in [2.45, 2.75) is 75.9 Å². The number of hydrogen-bond donors (Lipinski definition) is 0. The second-order valence-electron chi connectivity index (χ2n) is 9.77. The molecule has 2 fully saturated rings. The van der Waals surface area contributed by atoms with Gasteiger partial charge in [0.15, 0.2) is 5.16 Å². The SMILES string of the molecule is CC1CCN(c2nnc(SCc3nc(-c4ccc(C(C)C)cc4)no3)n2CC2CCCO2)CC1. The lowest BCUT2D eigenvalue weighted by Crippen LogP contribution is -2.35. The molecule has 2 saturated heterocycles. The lowest BCUT2D eigenvalue weighted by Gasteiger charge is -2.31. The molecule has 0 spiro atoms. The van der Waals surface area contributed by atoms with Crippen LogP contribution < -0.4 is 4.90 Å². The van der Waals surface area contributed by atoms with Crippen LogP contribution in [-0.4, -0.2) is 50.7 Å². The molecule has 34 heavy (non-hydrogen) atoms. The number of thioether (sulfide) groups is 1. The molecular weight excluding hydrogens is 448 g/mol. The molecule has 5 rings (SSSR count). The highest BCUT2D eigenvalue weighted by Gasteiger charge is 2.26. The topological polar surface area (TPSA) is 82.1 Å². The fourth-order valence-electron chi connectivity index (χ4n) is 4.56. The van der Waals surface area contributed by atoms with Crippen LogP contribution in [0.25, 0.3) is 11.4 Å². The molecule has 0 N–H and O–H groups in total. The van der Waals surface area contributed by atoms with Gasteiger partial charge in [-0.2, -0.15) is 4.98 Å². The van der Waals surface area contributed by atoms with E-state index >= 15 is 0 Å². The van der Waals surface area contributed by atoms with Gasteiger partial charge in [-0.1, -0.05) is 62.0 Å². The highest BCUT2D eigenvalue weighted by atomic mass is 32.2. The molecule has 0 amide bonds. The Balaban J connectivity index is 1.29. The van der Waals surface area contributed by atoms with Crippen molar-refractivity contribution in [3.05, 3.63) is 35.7 Å². The van der Waals surface area contributed by atoms with Crippen LogP contribution in [0.15, 0.2) is 33.9 Å². The second-order valence-corrected chi connectivity index (χ2v) is 10.7. The average molecular weight is 483 g/mol. The lowest BCUT2D eigenvalue weighted by molar-refractivity contribution is 0.0951. The molecule has 0 aliphatic carbocycles. The number of anilines is 1. The Morgan fingerprint density at radius 1 is 1.09 bits per heavy atom. The fraction of sp³-hybridized carbons (Fsp3) is 0.600.